The molecule has 0 saturated carbocycles. The minimum atomic E-state index is -2.82. The fraction of sp³-hybridized carbons (Fsp3) is 0.133. The first kappa shape index (κ1) is 14.4. The van der Waals surface area contributed by atoms with E-state index in [1.54, 1.807) is 10.5 Å². The number of aromatic amines is 1. The number of aromatic hydroxyl groups is 1. The predicted octanol–water partition coefficient (Wildman–Crippen LogP) is 2.41. The van der Waals surface area contributed by atoms with Crippen LogP contribution in [-0.4, -0.2) is 30.4 Å². The van der Waals surface area contributed by atoms with Gasteiger partial charge < -0.3 is 15.8 Å². The van der Waals surface area contributed by atoms with Crippen molar-refractivity contribution in [1.29, 1.82) is 0 Å². The number of carbonyl (C=O) groups excluding carboxylic acids is 1. The third-order valence-electron chi connectivity index (χ3n) is 3.98. The quantitative estimate of drug-likeness (QED) is 0.524. The molecule has 3 heterocycles. The molecule has 7 nitrogen and oxygen atoms in total. The summed E-state index contributed by atoms with van der Waals surface area (Å²) in [6.45, 7) is 1.81. The van der Waals surface area contributed by atoms with Crippen LogP contribution in [0.15, 0.2) is 18.3 Å². The number of phenolic OH excluding ortho intramolecular Hbond substituents is 1. The first-order chi connectivity index (χ1) is 11.4. The first-order valence-corrected chi connectivity index (χ1v) is 6.99. The number of aryl methyl sites for hydroxylation is 1. The van der Waals surface area contributed by atoms with Gasteiger partial charge >= 0.3 is 0 Å². The number of phenols is 1. The summed E-state index contributed by atoms with van der Waals surface area (Å²) in [5.74, 6) is -0.841. The summed E-state index contributed by atoms with van der Waals surface area (Å²) in [6.07, 6.45) is -1.86. The molecule has 4 aromatic rings. The van der Waals surface area contributed by atoms with Crippen LogP contribution in [0.5, 0.6) is 5.75 Å². The lowest BCUT2D eigenvalue weighted by atomic mass is 10.2. The Hall–Kier alpha value is -3.23. The zero-order valence-corrected chi connectivity index (χ0v) is 12.3. The number of fused-ring (bicyclic) bond motifs is 5. The third-order valence-corrected chi connectivity index (χ3v) is 3.98. The van der Waals surface area contributed by atoms with E-state index in [-0.39, 0.29) is 28.1 Å². The van der Waals surface area contributed by atoms with E-state index in [4.69, 9.17) is 5.73 Å². The number of hydrogen-bond donors (Lipinski definition) is 3. The number of H-pyrrole nitrogens is 1. The average molecular weight is 331 g/mol. The Labute approximate surface area is 132 Å². The van der Waals surface area contributed by atoms with Gasteiger partial charge in [-0.1, -0.05) is 6.07 Å². The summed E-state index contributed by atoms with van der Waals surface area (Å²) in [6, 6.07) is 3.21. The van der Waals surface area contributed by atoms with Crippen molar-refractivity contribution >= 4 is 33.8 Å². The summed E-state index contributed by atoms with van der Waals surface area (Å²) >= 11 is 0. The molecular weight excluding hydrogens is 320 g/mol. The molecule has 0 unspecified atom stereocenters. The molecule has 0 saturated heterocycles. The maximum absolute atomic E-state index is 12.9. The number of nitrogens with zero attached hydrogens (tertiary/aromatic N) is 3. The highest BCUT2D eigenvalue weighted by molar-refractivity contribution is 6.12. The number of nitrogens with one attached hydrogen (secondary N) is 1. The summed E-state index contributed by atoms with van der Waals surface area (Å²) in [5.41, 5.74) is 7.06. The van der Waals surface area contributed by atoms with E-state index in [1.165, 1.54) is 6.07 Å². The van der Waals surface area contributed by atoms with Crippen LogP contribution in [0.25, 0.3) is 27.8 Å². The number of rotatable bonds is 2. The second kappa shape index (κ2) is 4.63. The molecule has 24 heavy (non-hydrogen) atoms. The molecule has 3 aromatic heterocycles. The van der Waals surface area contributed by atoms with Crippen molar-refractivity contribution < 1.29 is 18.7 Å². The van der Waals surface area contributed by atoms with Crippen LogP contribution < -0.4 is 5.73 Å². The number of benzene rings is 1. The molecule has 4 N–H and O–H groups in total. The van der Waals surface area contributed by atoms with Crippen molar-refractivity contribution in [3.63, 3.8) is 0 Å². The highest BCUT2D eigenvalue weighted by Gasteiger charge is 2.25. The molecule has 0 aliphatic rings. The Balaban J connectivity index is 2.28. The van der Waals surface area contributed by atoms with Crippen LogP contribution in [-0.2, 0) is 0 Å². The second-order valence-electron chi connectivity index (χ2n) is 5.44. The van der Waals surface area contributed by atoms with Gasteiger partial charge in [0.15, 0.2) is 5.65 Å². The lowest BCUT2D eigenvalue weighted by molar-refractivity contribution is 0.100. The van der Waals surface area contributed by atoms with Crippen LogP contribution in [0.2, 0.25) is 0 Å². The summed E-state index contributed by atoms with van der Waals surface area (Å²) in [5, 5.41) is 10.0. The Morgan fingerprint density at radius 2 is 2.17 bits per heavy atom. The summed E-state index contributed by atoms with van der Waals surface area (Å²) < 4.78 is 27.4. The fourth-order valence-electron chi connectivity index (χ4n) is 2.95. The number of primary amides is 1. The number of alkyl halides is 2. The second-order valence-corrected chi connectivity index (χ2v) is 5.44. The maximum Gasteiger partial charge on any atom is 0.281 e. The molecule has 0 bridgehead atoms. The van der Waals surface area contributed by atoms with Gasteiger partial charge in [0.1, 0.15) is 33.7 Å². The van der Waals surface area contributed by atoms with Crippen molar-refractivity contribution in [2.45, 2.75) is 13.3 Å². The number of amides is 1. The monoisotopic (exact) mass is 331 g/mol. The van der Waals surface area contributed by atoms with Crippen LogP contribution >= 0.6 is 0 Å². The molecular formula is C15H11F2N5O2. The van der Waals surface area contributed by atoms with Crippen molar-refractivity contribution in [2.75, 3.05) is 0 Å². The Morgan fingerprint density at radius 3 is 2.83 bits per heavy atom. The van der Waals surface area contributed by atoms with E-state index in [0.29, 0.717) is 11.0 Å². The van der Waals surface area contributed by atoms with E-state index < -0.39 is 18.0 Å². The van der Waals surface area contributed by atoms with Gasteiger partial charge in [-0.3, -0.25) is 9.20 Å². The molecule has 4 rings (SSSR count). The largest absolute Gasteiger partial charge is 0.506 e. The van der Waals surface area contributed by atoms with Gasteiger partial charge in [-0.2, -0.15) is 0 Å². The van der Waals surface area contributed by atoms with Crippen molar-refractivity contribution in [2.24, 2.45) is 5.73 Å². The third kappa shape index (κ3) is 1.72. The Bertz CT molecular complexity index is 1150. The van der Waals surface area contributed by atoms with Crippen LogP contribution in [0.4, 0.5) is 8.78 Å². The minimum Gasteiger partial charge on any atom is -0.506 e. The zero-order chi connectivity index (χ0) is 17.2. The minimum absolute atomic E-state index is 0.00353. The summed E-state index contributed by atoms with van der Waals surface area (Å²) in [4.78, 5) is 22.7. The van der Waals surface area contributed by atoms with Crippen LogP contribution in [0.1, 0.15) is 28.0 Å². The molecule has 0 fully saturated rings. The first-order valence-electron chi connectivity index (χ1n) is 6.99. The molecule has 9 heteroatoms. The van der Waals surface area contributed by atoms with Gasteiger partial charge in [-0.15, -0.1) is 0 Å². The fourth-order valence-corrected chi connectivity index (χ4v) is 2.95. The SMILES string of the molecule is Cc1ccc(O)c2[nH]c3c(C(N)=O)c4nc(C(F)F)cnc4n3c12. The van der Waals surface area contributed by atoms with Gasteiger partial charge in [-0.25, -0.2) is 18.7 Å². The van der Waals surface area contributed by atoms with Crippen molar-refractivity contribution in [3.05, 3.63) is 35.2 Å². The van der Waals surface area contributed by atoms with E-state index in [0.717, 1.165) is 11.8 Å². The Morgan fingerprint density at radius 1 is 1.42 bits per heavy atom. The molecule has 0 atom stereocenters. The average Bonchev–Trinajstić information content (AvgIpc) is 3.05. The number of halogens is 2. The van der Waals surface area contributed by atoms with Gasteiger partial charge in [-0.05, 0) is 18.6 Å². The predicted molar refractivity (Wildman–Crippen MR) is 82.2 cm³/mol. The molecule has 1 amide bonds. The highest BCUT2D eigenvalue weighted by Crippen LogP contribution is 2.34. The Kier molecular flexibility index (Phi) is 2.77. The smallest absolute Gasteiger partial charge is 0.281 e. The number of carbonyl (C=O) groups is 1. The number of hydrogen-bond acceptors (Lipinski definition) is 4. The maximum atomic E-state index is 12.9. The van der Waals surface area contributed by atoms with E-state index in [2.05, 4.69) is 15.0 Å². The topological polar surface area (TPSA) is 109 Å². The van der Waals surface area contributed by atoms with Gasteiger partial charge in [0.25, 0.3) is 12.3 Å². The molecule has 0 radical (unpaired) electrons. The number of aromatic nitrogens is 4. The standard InChI is InChI=1S/C15H11F2N5O2/c1-5-2-3-7(23)9-11(5)22-14(21-9)8(13(18)24)10-15(22)19-4-6(20-10)12(16)17/h2-4,12,21,23H,1H3,(H2,18,24). The molecule has 1 aromatic carbocycles. The highest BCUT2D eigenvalue weighted by atomic mass is 19.3. The van der Waals surface area contributed by atoms with Crippen molar-refractivity contribution in [1.82, 2.24) is 19.4 Å². The number of imidazole rings is 1. The van der Waals surface area contributed by atoms with Crippen LogP contribution in [0, 0.1) is 6.92 Å². The van der Waals surface area contributed by atoms with E-state index >= 15 is 0 Å². The van der Waals surface area contributed by atoms with Crippen LogP contribution in [0.3, 0.4) is 0 Å². The lowest BCUT2D eigenvalue weighted by Gasteiger charge is -2.02. The van der Waals surface area contributed by atoms with Gasteiger partial charge in [0, 0.05) is 0 Å². The normalized spacial score (nSPS) is 12.0. The van der Waals surface area contributed by atoms with Gasteiger partial charge in [0.05, 0.1) is 11.7 Å². The van der Waals surface area contributed by atoms with Gasteiger partial charge in [0.2, 0.25) is 0 Å². The summed E-state index contributed by atoms with van der Waals surface area (Å²) in [7, 11) is 0. The molecule has 122 valence electrons. The van der Waals surface area contributed by atoms with Crippen molar-refractivity contribution in [3.8, 4) is 5.75 Å². The number of nitrogens with two attached hydrogens (primary N) is 1. The van der Waals surface area contributed by atoms with E-state index in [9.17, 15) is 18.7 Å². The molecule has 0 aliphatic heterocycles. The zero-order valence-electron chi connectivity index (χ0n) is 12.3. The lowest BCUT2D eigenvalue weighted by Crippen LogP contribution is -2.11. The van der Waals surface area contributed by atoms with E-state index in [1.807, 2.05) is 6.92 Å². The molecule has 0 aliphatic carbocycles. The molecule has 0 spiro atoms.